The van der Waals surface area contributed by atoms with E-state index in [1.807, 2.05) is 60.7 Å². The van der Waals surface area contributed by atoms with Gasteiger partial charge in [-0.25, -0.2) is 4.79 Å². The summed E-state index contributed by atoms with van der Waals surface area (Å²) in [4.78, 5) is 28.0. The van der Waals surface area contributed by atoms with Gasteiger partial charge in [0.05, 0.1) is 6.54 Å². The van der Waals surface area contributed by atoms with Crippen LogP contribution in [0.5, 0.6) is 0 Å². The Labute approximate surface area is 145 Å². The van der Waals surface area contributed by atoms with Crippen molar-refractivity contribution in [3.63, 3.8) is 0 Å². The number of likely N-dealkylation sites (N-methyl/N-ethyl adjacent to an activating group) is 1. The average molecular weight is 338 g/mol. The van der Waals surface area contributed by atoms with Gasteiger partial charge in [0.15, 0.2) is 6.10 Å². The minimum Gasteiger partial charge on any atom is -0.395 e. The molecule has 6 heteroatoms. The Kier molecular flexibility index (Phi) is 3.69. The van der Waals surface area contributed by atoms with Crippen LogP contribution in [0, 0.1) is 0 Å². The molecule has 2 aliphatic heterocycles. The van der Waals surface area contributed by atoms with Crippen LogP contribution in [0.4, 0.5) is 4.79 Å². The van der Waals surface area contributed by atoms with Crippen molar-refractivity contribution in [2.75, 3.05) is 13.6 Å². The van der Waals surface area contributed by atoms with Crippen LogP contribution in [0.2, 0.25) is 0 Å². The first-order valence-corrected chi connectivity index (χ1v) is 8.11. The maximum atomic E-state index is 13.1. The monoisotopic (exact) mass is 338 g/mol. The van der Waals surface area contributed by atoms with E-state index < -0.39 is 18.1 Å². The van der Waals surface area contributed by atoms with Crippen molar-refractivity contribution in [3.8, 4) is 0 Å². The van der Waals surface area contributed by atoms with Crippen molar-refractivity contribution in [2.24, 2.45) is 0 Å². The van der Waals surface area contributed by atoms with E-state index in [1.165, 1.54) is 9.80 Å². The molecule has 2 fully saturated rings. The molecule has 0 saturated carbocycles. The molecule has 0 N–H and O–H groups in total. The van der Waals surface area contributed by atoms with Crippen LogP contribution in [0.1, 0.15) is 17.2 Å². The molecule has 2 aromatic rings. The lowest BCUT2D eigenvalue weighted by molar-refractivity contribution is -0.233. The third-order valence-corrected chi connectivity index (χ3v) is 4.48. The fraction of sp³-hybridized carbons (Fsp3) is 0.263. The molecule has 2 saturated heterocycles. The molecule has 2 amide bonds. The second-order valence-electron chi connectivity index (χ2n) is 6.26. The van der Waals surface area contributed by atoms with Crippen LogP contribution in [0.25, 0.3) is 0 Å². The van der Waals surface area contributed by atoms with Gasteiger partial charge < -0.3 is 14.4 Å². The van der Waals surface area contributed by atoms with Crippen molar-refractivity contribution in [1.29, 1.82) is 0 Å². The first-order chi connectivity index (χ1) is 12.1. The number of benzene rings is 2. The largest absolute Gasteiger partial charge is 0.413 e. The van der Waals surface area contributed by atoms with E-state index in [2.05, 4.69) is 0 Å². The predicted octanol–water partition coefficient (Wildman–Crippen LogP) is 2.52. The number of carbonyl (C=O) groups is 2. The van der Waals surface area contributed by atoms with Gasteiger partial charge >= 0.3 is 12.0 Å². The van der Waals surface area contributed by atoms with Crippen LogP contribution in [0.3, 0.4) is 0 Å². The summed E-state index contributed by atoms with van der Waals surface area (Å²) in [6, 6.07) is 18.8. The molecule has 2 unspecified atom stereocenters. The van der Waals surface area contributed by atoms with Crippen LogP contribution in [0.15, 0.2) is 60.7 Å². The Morgan fingerprint density at radius 1 is 1.04 bits per heavy atom. The molecule has 2 heterocycles. The Bertz CT molecular complexity index is 796. The number of carbonyl (C=O) groups excluding carboxylic acids is 2. The van der Waals surface area contributed by atoms with E-state index in [1.54, 1.807) is 7.05 Å². The molecule has 0 bridgehead atoms. The standard InChI is InChI=1S/C19H18N2O4/c1-20-13-19(25-18(20)23)21(12-14-8-4-2-5-9-14)17(22)16(24-19)15-10-6-3-7-11-15/h2-11,16H,12-13H2,1H3. The third kappa shape index (κ3) is 2.64. The van der Waals surface area contributed by atoms with Gasteiger partial charge in [0.1, 0.15) is 6.54 Å². The maximum Gasteiger partial charge on any atom is 0.413 e. The minimum absolute atomic E-state index is 0.174. The van der Waals surface area contributed by atoms with Gasteiger partial charge in [-0.3, -0.25) is 9.69 Å². The maximum absolute atomic E-state index is 13.1. The van der Waals surface area contributed by atoms with Crippen molar-refractivity contribution in [2.45, 2.75) is 18.6 Å². The third-order valence-electron chi connectivity index (χ3n) is 4.48. The molecule has 0 aromatic heterocycles. The Morgan fingerprint density at radius 3 is 2.28 bits per heavy atom. The fourth-order valence-electron chi connectivity index (χ4n) is 3.22. The highest BCUT2D eigenvalue weighted by Gasteiger charge is 2.60. The molecule has 1 spiro atoms. The predicted molar refractivity (Wildman–Crippen MR) is 89.1 cm³/mol. The quantitative estimate of drug-likeness (QED) is 0.863. The van der Waals surface area contributed by atoms with Crippen molar-refractivity contribution >= 4 is 12.0 Å². The number of rotatable bonds is 3. The van der Waals surface area contributed by atoms with E-state index in [9.17, 15) is 9.59 Å². The Balaban J connectivity index is 1.70. The van der Waals surface area contributed by atoms with Crippen molar-refractivity contribution in [1.82, 2.24) is 9.80 Å². The number of hydrogen-bond acceptors (Lipinski definition) is 4. The average Bonchev–Trinajstić information content (AvgIpc) is 3.06. The van der Waals surface area contributed by atoms with E-state index in [4.69, 9.17) is 9.47 Å². The summed E-state index contributed by atoms with van der Waals surface area (Å²) in [5.74, 6) is -1.60. The molecule has 0 radical (unpaired) electrons. The minimum atomic E-state index is -1.39. The van der Waals surface area contributed by atoms with Crippen LogP contribution < -0.4 is 0 Å². The number of amides is 2. The van der Waals surface area contributed by atoms with Gasteiger partial charge in [-0.05, 0) is 11.1 Å². The fourth-order valence-corrected chi connectivity index (χ4v) is 3.22. The molecule has 0 aliphatic carbocycles. The van der Waals surface area contributed by atoms with E-state index in [-0.39, 0.29) is 12.5 Å². The summed E-state index contributed by atoms with van der Waals surface area (Å²) < 4.78 is 11.5. The summed E-state index contributed by atoms with van der Waals surface area (Å²) in [6.45, 7) is 0.484. The number of nitrogens with zero attached hydrogens (tertiary/aromatic N) is 2. The summed E-state index contributed by atoms with van der Waals surface area (Å²) in [5.41, 5.74) is 1.69. The number of hydrogen-bond donors (Lipinski definition) is 0. The molecule has 2 aliphatic rings. The first-order valence-electron chi connectivity index (χ1n) is 8.11. The SMILES string of the molecule is CN1CC2(OC1=O)OC(c1ccccc1)C(=O)N2Cc1ccccc1. The van der Waals surface area contributed by atoms with Gasteiger partial charge in [-0.2, -0.15) is 0 Å². The summed E-state index contributed by atoms with van der Waals surface area (Å²) in [5, 5.41) is 0. The summed E-state index contributed by atoms with van der Waals surface area (Å²) in [6.07, 6.45) is -1.29. The van der Waals surface area contributed by atoms with E-state index >= 15 is 0 Å². The topological polar surface area (TPSA) is 59.1 Å². The first kappa shape index (κ1) is 15.7. The summed E-state index contributed by atoms with van der Waals surface area (Å²) >= 11 is 0. The molecule has 128 valence electrons. The lowest BCUT2D eigenvalue weighted by Crippen LogP contribution is -2.49. The highest BCUT2D eigenvalue weighted by atomic mass is 16.8. The van der Waals surface area contributed by atoms with E-state index in [0.29, 0.717) is 6.54 Å². The van der Waals surface area contributed by atoms with Crippen molar-refractivity contribution < 1.29 is 19.1 Å². The lowest BCUT2D eigenvalue weighted by atomic mass is 10.1. The highest BCUT2D eigenvalue weighted by Crippen LogP contribution is 2.42. The zero-order valence-electron chi connectivity index (χ0n) is 13.8. The number of ether oxygens (including phenoxy) is 2. The second-order valence-corrected chi connectivity index (χ2v) is 6.26. The Morgan fingerprint density at radius 2 is 1.68 bits per heavy atom. The van der Waals surface area contributed by atoms with Gasteiger partial charge in [-0.15, -0.1) is 0 Å². The van der Waals surface area contributed by atoms with Gasteiger partial charge in [0.2, 0.25) is 0 Å². The van der Waals surface area contributed by atoms with Crippen molar-refractivity contribution in [3.05, 3.63) is 71.8 Å². The highest BCUT2D eigenvalue weighted by molar-refractivity contribution is 5.85. The molecule has 2 aromatic carbocycles. The van der Waals surface area contributed by atoms with Crippen LogP contribution >= 0.6 is 0 Å². The molecule has 25 heavy (non-hydrogen) atoms. The van der Waals surface area contributed by atoms with Crippen LogP contribution in [-0.2, 0) is 20.8 Å². The molecule has 6 nitrogen and oxygen atoms in total. The van der Waals surface area contributed by atoms with Crippen LogP contribution in [-0.4, -0.2) is 41.3 Å². The summed E-state index contributed by atoms with van der Waals surface area (Å²) in [7, 11) is 1.63. The van der Waals surface area contributed by atoms with E-state index in [0.717, 1.165) is 11.1 Å². The zero-order chi connectivity index (χ0) is 17.4. The molecular weight excluding hydrogens is 320 g/mol. The Hall–Kier alpha value is -2.86. The lowest BCUT2D eigenvalue weighted by Gasteiger charge is -2.30. The molecular formula is C19H18N2O4. The van der Waals surface area contributed by atoms with Gasteiger partial charge in [0, 0.05) is 7.05 Å². The second kappa shape index (κ2) is 5.89. The smallest absolute Gasteiger partial charge is 0.395 e. The molecule has 2 atom stereocenters. The zero-order valence-corrected chi connectivity index (χ0v) is 13.8. The normalized spacial score (nSPS) is 25.7. The van der Waals surface area contributed by atoms with Gasteiger partial charge in [-0.1, -0.05) is 60.7 Å². The van der Waals surface area contributed by atoms with Gasteiger partial charge in [0.25, 0.3) is 5.91 Å². The molecule has 4 rings (SSSR count).